The highest BCUT2D eigenvalue weighted by atomic mass is 16.5. The van der Waals surface area contributed by atoms with Crippen molar-refractivity contribution in [2.24, 2.45) is 0 Å². The number of carbonyl (C=O) groups excluding carboxylic acids is 2. The number of carbonyl (C=O) groups is 2. The lowest BCUT2D eigenvalue weighted by Crippen LogP contribution is -2.45. The third-order valence-corrected chi connectivity index (χ3v) is 14.7. The van der Waals surface area contributed by atoms with E-state index < -0.39 is 12.1 Å². The summed E-state index contributed by atoms with van der Waals surface area (Å²) >= 11 is 0. The van der Waals surface area contributed by atoms with Gasteiger partial charge in [-0.3, -0.25) is 9.59 Å². The molecule has 0 aromatic carbocycles. The quantitative estimate of drug-likeness (QED) is 0.0321. The summed E-state index contributed by atoms with van der Waals surface area (Å²) in [5.74, 6) is -0.0330. The van der Waals surface area contributed by atoms with E-state index in [2.05, 4.69) is 55.6 Å². The first kappa shape index (κ1) is 69.1. The Hall–Kier alpha value is -1.92. The number of allylic oxidation sites excluding steroid dienone is 6. The summed E-state index contributed by atoms with van der Waals surface area (Å²) in [5, 5.41) is 23.2. The Kier molecular flexibility index (Phi) is 59.0. The minimum atomic E-state index is -0.663. The van der Waals surface area contributed by atoms with Gasteiger partial charge in [-0.1, -0.05) is 281 Å². The van der Waals surface area contributed by atoms with Crippen LogP contribution in [-0.4, -0.2) is 47.4 Å². The van der Waals surface area contributed by atoms with Crippen LogP contribution in [0.3, 0.4) is 0 Å². The number of nitrogens with one attached hydrogen (secondary N) is 1. The van der Waals surface area contributed by atoms with Gasteiger partial charge in [-0.25, -0.2) is 0 Å². The lowest BCUT2D eigenvalue weighted by Gasteiger charge is -2.22. The van der Waals surface area contributed by atoms with Crippen molar-refractivity contribution in [1.29, 1.82) is 0 Å². The summed E-state index contributed by atoms with van der Waals surface area (Å²) in [6.07, 6.45) is 76.0. The number of ether oxygens (including phenoxy) is 1. The Balaban J connectivity index is 3.38. The van der Waals surface area contributed by atoms with Crippen molar-refractivity contribution in [1.82, 2.24) is 5.32 Å². The fraction of sp³-hybridized carbons (Fsp3) is 0.877. The van der Waals surface area contributed by atoms with E-state index in [0.717, 1.165) is 51.4 Å². The van der Waals surface area contributed by atoms with Crippen molar-refractivity contribution in [3.05, 3.63) is 36.5 Å². The second-order valence-electron chi connectivity index (χ2n) is 21.7. The van der Waals surface area contributed by atoms with Gasteiger partial charge < -0.3 is 20.3 Å². The molecule has 1 amide bonds. The standard InChI is InChI=1S/C65H123NO5/c1-3-5-7-9-11-13-15-16-32-36-39-43-47-51-55-59-65(70)71-60-56-52-48-44-40-37-34-31-29-27-25-23-21-19-17-18-20-22-24-26-28-30-33-35-38-42-46-50-54-58-64(69)66-62(61-67)63(68)57-53-49-45-41-14-12-10-8-6-4-2/h16-17,19,23,25,32,62-63,67-68H,3-15,18,20-22,24,26-31,33-61H2,1-2H3,(H,66,69)/b19-17-,25-23-,32-16-. The molecule has 3 N–H and O–H groups in total. The van der Waals surface area contributed by atoms with Crippen LogP contribution in [0, 0.1) is 0 Å². The molecule has 0 spiro atoms. The molecule has 0 fully saturated rings. The van der Waals surface area contributed by atoms with Crippen LogP contribution in [0.15, 0.2) is 36.5 Å². The number of esters is 1. The molecule has 0 bridgehead atoms. The highest BCUT2D eigenvalue weighted by Gasteiger charge is 2.20. The van der Waals surface area contributed by atoms with Crippen LogP contribution in [0.2, 0.25) is 0 Å². The zero-order valence-corrected chi connectivity index (χ0v) is 47.7. The monoisotopic (exact) mass is 998 g/mol. The Morgan fingerprint density at radius 1 is 0.394 bits per heavy atom. The number of hydrogen-bond acceptors (Lipinski definition) is 5. The predicted octanol–water partition coefficient (Wildman–Crippen LogP) is 20.0. The molecule has 0 saturated carbocycles. The maximum Gasteiger partial charge on any atom is 0.305 e. The van der Waals surface area contributed by atoms with Crippen LogP contribution >= 0.6 is 0 Å². The molecule has 6 nitrogen and oxygen atoms in total. The molecule has 0 aliphatic carbocycles. The van der Waals surface area contributed by atoms with Crippen LogP contribution in [0.25, 0.3) is 0 Å². The van der Waals surface area contributed by atoms with Crippen molar-refractivity contribution in [2.75, 3.05) is 13.2 Å². The normalized spacial score (nSPS) is 12.8. The molecular weight excluding hydrogens is 875 g/mol. The van der Waals surface area contributed by atoms with Crippen molar-refractivity contribution in [3.63, 3.8) is 0 Å². The van der Waals surface area contributed by atoms with E-state index in [1.807, 2.05) is 0 Å². The molecule has 0 saturated heterocycles. The van der Waals surface area contributed by atoms with Crippen LogP contribution in [-0.2, 0) is 14.3 Å². The van der Waals surface area contributed by atoms with Crippen molar-refractivity contribution < 1.29 is 24.5 Å². The van der Waals surface area contributed by atoms with Crippen LogP contribution in [0.4, 0.5) is 0 Å². The number of aliphatic hydroxyl groups is 2. The van der Waals surface area contributed by atoms with E-state index in [0.29, 0.717) is 25.9 Å². The fourth-order valence-corrected chi connectivity index (χ4v) is 9.78. The molecule has 71 heavy (non-hydrogen) atoms. The van der Waals surface area contributed by atoms with Crippen LogP contribution < -0.4 is 5.32 Å². The lowest BCUT2D eigenvalue weighted by atomic mass is 10.0. The fourth-order valence-electron chi connectivity index (χ4n) is 9.78. The zero-order chi connectivity index (χ0) is 51.4. The molecule has 0 aromatic rings. The number of unbranched alkanes of at least 4 members (excludes halogenated alkanes) is 42. The van der Waals surface area contributed by atoms with Gasteiger partial charge >= 0.3 is 5.97 Å². The predicted molar refractivity (Wildman–Crippen MR) is 310 cm³/mol. The Morgan fingerprint density at radius 2 is 0.704 bits per heavy atom. The van der Waals surface area contributed by atoms with E-state index in [-0.39, 0.29) is 18.5 Å². The first-order valence-electron chi connectivity index (χ1n) is 31.7. The summed E-state index contributed by atoms with van der Waals surface area (Å²) < 4.78 is 5.48. The molecule has 0 aliphatic heterocycles. The Bertz CT molecular complexity index is 1150. The number of hydrogen-bond donors (Lipinski definition) is 3. The van der Waals surface area contributed by atoms with E-state index in [4.69, 9.17) is 4.74 Å². The number of amides is 1. The van der Waals surface area contributed by atoms with Gasteiger partial charge in [0.2, 0.25) is 5.91 Å². The maximum atomic E-state index is 12.4. The van der Waals surface area contributed by atoms with Crippen molar-refractivity contribution in [2.45, 2.75) is 353 Å². The highest BCUT2D eigenvalue weighted by Crippen LogP contribution is 2.17. The van der Waals surface area contributed by atoms with Gasteiger partial charge in [-0.2, -0.15) is 0 Å². The van der Waals surface area contributed by atoms with E-state index in [9.17, 15) is 19.8 Å². The number of rotatable bonds is 59. The second-order valence-corrected chi connectivity index (χ2v) is 21.7. The summed E-state index contributed by atoms with van der Waals surface area (Å²) in [7, 11) is 0. The van der Waals surface area contributed by atoms with Gasteiger partial charge in [0.1, 0.15) is 0 Å². The average Bonchev–Trinajstić information content (AvgIpc) is 3.37. The third kappa shape index (κ3) is 57.2. The van der Waals surface area contributed by atoms with E-state index in [1.54, 1.807) is 0 Å². The molecule has 2 unspecified atom stereocenters. The summed E-state index contributed by atoms with van der Waals surface area (Å²) in [6, 6.07) is -0.541. The van der Waals surface area contributed by atoms with E-state index in [1.165, 1.54) is 257 Å². The zero-order valence-electron chi connectivity index (χ0n) is 47.7. The third-order valence-electron chi connectivity index (χ3n) is 14.7. The topological polar surface area (TPSA) is 95.9 Å². The molecule has 0 radical (unpaired) electrons. The summed E-state index contributed by atoms with van der Waals surface area (Å²) in [5.41, 5.74) is 0. The van der Waals surface area contributed by atoms with Gasteiger partial charge in [-0.15, -0.1) is 0 Å². The maximum absolute atomic E-state index is 12.4. The summed E-state index contributed by atoms with van der Waals surface area (Å²) in [4.78, 5) is 24.5. The molecule has 6 heteroatoms. The summed E-state index contributed by atoms with van der Waals surface area (Å²) in [6.45, 7) is 4.94. The Morgan fingerprint density at radius 3 is 1.08 bits per heavy atom. The smallest absolute Gasteiger partial charge is 0.305 e. The molecular formula is C65H123NO5. The average molecular weight is 999 g/mol. The van der Waals surface area contributed by atoms with Crippen LogP contribution in [0.1, 0.15) is 341 Å². The molecule has 418 valence electrons. The highest BCUT2D eigenvalue weighted by molar-refractivity contribution is 5.76. The van der Waals surface area contributed by atoms with Gasteiger partial charge in [0.05, 0.1) is 25.4 Å². The second kappa shape index (κ2) is 60.6. The van der Waals surface area contributed by atoms with Gasteiger partial charge in [-0.05, 0) is 83.5 Å². The minimum Gasteiger partial charge on any atom is -0.466 e. The van der Waals surface area contributed by atoms with E-state index >= 15 is 0 Å². The van der Waals surface area contributed by atoms with Gasteiger partial charge in [0.15, 0.2) is 0 Å². The lowest BCUT2D eigenvalue weighted by molar-refractivity contribution is -0.143. The molecule has 2 atom stereocenters. The Labute approximate surface area is 443 Å². The molecule has 0 aromatic heterocycles. The molecule has 0 rings (SSSR count). The largest absolute Gasteiger partial charge is 0.466 e. The minimum absolute atomic E-state index is 0.00402. The van der Waals surface area contributed by atoms with Gasteiger partial charge in [0, 0.05) is 12.8 Å². The molecule has 0 aliphatic rings. The SMILES string of the molecule is CCCCCCCC/C=C\CCCCCCCC(=O)OCCCCCCCCCCC/C=C\C/C=C\CCCCCCCCCCCCCCCC(=O)NC(CO)C(O)CCCCCCCCCCCC. The first-order chi connectivity index (χ1) is 35.0. The van der Waals surface area contributed by atoms with Crippen molar-refractivity contribution in [3.8, 4) is 0 Å². The first-order valence-corrected chi connectivity index (χ1v) is 31.7. The number of aliphatic hydroxyl groups excluding tert-OH is 2. The van der Waals surface area contributed by atoms with Gasteiger partial charge in [0.25, 0.3) is 0 Å². The van der Waals surface area contributed by atoms with Crippen molar-refractivity contribution >= 4 is 11.9 Å². The molecule has 0 heterocycles. The van der Waals surface area contributed by atoms with Crippen LogP contribution in [0.5, 0.6) is 0 Å².